The molecule has 3 aromatic carbocycles. The first-order valence-corrected chi connectivity index (χ1v) is 9.12. The third-order valence-electron chi connectivity index (χ3n) is 3.01. The summed E-state index contributed by atoms with van der Waals surface area (Å²) in [5.41, 5.74) is 0. The molecule has 5 heteroatoms. The summed E-state index contributed by atoms with van der Waals surface area (Å²) < 4.78 is 30.1. The Morgan fingerprint density at radius 2 is 0.917 bits per heavy atom. The minimum Gasteiger partial charge on any atom is -0.174 e. The summed E-state index contributed by atoms with van der Waals surface area (Å²) in [5, 5.41) is 0. The van der Waals surface area contributed by atoms with E-state index < -0.39 is 6.68 Å². The van der Waals surface area contributed by atoms with E-state index in [-0.39, 0.29) is 10.9 Å². The zero-order valence-electron chi connectivity index (χ0n) is 12.6. The van der Waals surface area contributed by atoms with E-state index >= 15 is 0 Å². The van der Waals surface area contributed by atoms with Crippen LogP contribution in [0.25, 0.3) is 0 Å². The Labute approximate surface area is 150 Å². The van der Waals surface area contributed by atoms with Gasteiger partial charge in [-0.25, -0.2) is 0 Å². The van der Waals surface area contributed by atoms with Crippen LogP contribution in [0.4, 0.5) is 13.2 Å². The molecule has 0 atom stereocenters. The lowest BCUT2D eigenvalue weighted by atomic mass is 10.4. The smallest absolute Gasteiger partial charge is 0.174 e. The van der Waals surface area contributed by atoms with Crippen LogP contribution in [0.5, 0.6) is 0 Å². The summed E-state index contributed by atoms with van der Waals surface area (Å²) in [5.74, 6) is 0. The Bertz CT molecular complexity index is 676. The molecular weight excluding hydrogens is 397 g/mol. The molecule has 0 fully saturated rings. The highest BCUT2D eigenvalue weighted by Crippen LogP contribution is 2.31. The van der Waals surface area contributed by atoms with Gasteiger partial charge >= 0.3 is 6.68 Å². The SMILES string of the molecule is Brc1ccc([S+](c2ccccc2)c2ccccc2)cc1.FC(F)F. The monoisotopic (exact) mass is 411 g/mol. The normalized spacial score (nSPS) is 10.4. The molecule has 0 spiro atoms. The number of halogens is 4. The number of hydrogen-bond acceptors (Lipinski definition) is 0. The van der Waals surface area contributed by atoms with Gasteiger partial charge in [0.2, 0.25) is 0 Å². The van der Waals surface area contributed by atoms with Crippen molar-refractivity contribution in [2.24, 2.45) is 0 Å². The Morgan fingerprint density at radius 1 is 0.583 bits per heavy atom. The second kappa shape index (κ2) is 9.55. The molecule has 0 bridgehead atoms. The predicted octanol–water partition coefficient (Wildman–Crippen LogP) is 6.72. The number of rotatable bonds is 3. The van der Waals surface area contributed by atoms with Crippen LogP contribution in [0.2, 0.25) is 0 Å². The Hall–Kier alpha value is -1.72. The molecule has 0 N–H and O–H groups in total. The fourth-order valence-corrected chi connectivity index (χ4v) is 4.44. The van der Waals surface area contributed by atoms with Crippen molar-refractivity contribution < 1.29 is 13.2 Å². The van der Waals surface area contributed by atoms with Crippen LogP contribution in [0.1, 0.15) is 0 Å². The topological polar surface area (TPSA) is 0 Å². The summed E-state index contributed by atoms with van der Waals surface area (Å²) in [6.07, 6.45) is 0. The van der Waals surface area contributed by atoms with Gasteiger partial charge in [0.15, 0.2) is 14.7 Å². The van der Waals surface area contributed by atoms with Crippen molar-refractivity contribution in [2.45, 2.75) is 21.4 Å². The van der Waals surface area contributed by atoms with Gasteiger partial charge < -0.3 is 0 Å². The van der Waals surface area contributed by atoms with Crippen molar-refractivity contribution in [3.63, 3.8) is 0 Å². The van der Waals surface area contributed by atoms with Crippen molar-refractivity contribution in [1.82, 2.24) is 0 Å². The molecule has 0 aromatic heterocycles. The molecule has 0 aliphatic heterocycles. The quantitative estimate of drug-likeness (QED) is 0.419. The van der Waals surface area contributed by atoms with Crippen molar-refractivity contribution >= 4 is 26.8 Å². The number of benzene rings is 3. The zero-order chi connectivity index (χ0) is 17.4. The van der Waals surface area contributed by atoms with E-state index in [1.54, 1.807) is 0 Å². The maximum atomic E-state index is 9.67. The van der Waals surface area contributed by atoms with Gasteiger partial charge in [-0.05, 0) is 48.5 Å². The third kappa shape index (κ3) is 5.73. The highest BCUT2D eigenvalue weighted by atomic mass is 79.9. The van der Waals surface area contributed by atoms with E-state index in [9.17, 15) is 13.2 Å². The molecule has 24 heavy (non-hydrogen) atoms. The van der Waals surface area contributed by atoms with Crippen LogP contribution in [-0.4, -0.2) is 6.68 Å². The first-order chi connectivity index (χ1) is 11.6. The highest BCUT2D eigenvalue weighted by Gasteiger charge is 2.27. The van der Waals surface area contributed by atoms with Crippen LogP contribution < -0.4 is 0 Å². The first-order valence-electron chi connectivity index (χ1n) is 7.10. The average Bonchev–Trinajstić information content (AvgIpc) is 2.58. The summed E-state index contributed by atoms with van der Waals surface area (Å²) in [4.78, 5) is 4.03. The lowest BCUT2D eigenvalue weighted by Gasteiger charge is -2.07. The van der Waals surface area contributed by atoms with Crippen LogP contribution in [0.3, 0.4) is 0 Å². The second-order valence-electron chi connectivity index (χ2n) is 4.63. The first kappa shape index (κ1) is 18.6. The van der Waals surface area contributed by atoms with E-state index in [0.29, 0.717) is 0 Å². The van der Waals surface area contributed by atoms with Gasteiger partial charge in [0.25, 0.3) is 0 Å². The number of alkyl halides is 3. The van der Waals surface area contributed by atoms with Crippen molar-refractivity contribution in [3.8, 4) is 0 Å². The summed E-state index contributed by atoms with van der Waals surface area (Å²) in [6, 6.07) is 30.0. The fourth-order valence-electron chi connectivity index (χ4n) is 2.09. The van der Waals surface area contributed by atoms with E-state index in [0.717, 1.165) is 4.47 Å². The Balaban J connectivity index is 0.000000471. The molecule has 0 saturated heterocycles. The van der Waals surface area contributed by atoms with Crippen molar-refractivity contribution in [1.29, 1.82) is 0 Å². The van der Waals surface area contributed by atoms with Gasteiger partial charge in [-0.1, -0.05) is 52.3 Å². The van der Waals surface area contributed by atoms with Crippen LogP contribution in [0.15, 0.2) is 104 Å². The number of hydrogen-bond donors (Lipinski definition) is 0. The van der Waals surface area contributed by atoms with Crippen LogP contribution >= 0.6 is 15.9 Å². The largest absolute Gasteiger partial charge is 0.379 e. The molecule has 124 valence electrons. The molecule has 3 aromatic rings. The summed E-state index contributed by atoms with van der Waals surface area (Å²) in [7, 11) is -0.0437. The highest BCUT2D eigenvalue weighted by molar-refractivity contribution is 9.10. The van der Waals surface area contributed by atoms with Crippen molar-refractivity contribution in [2.75, 3.05) is 0 Å². The van der Waals surface area contributed by atoms with E-state index in [1.807, 2.05) is 0 Å². The lowest BCUT2D eigenvalue weighted by Crippen LogP contribution is -2.04. The molecule has 0 aliphatic rings. The Morgan fingerprint density at radius 3 is 1.29 bits per heavy atom. The van der Waals surface area contributed by atoms with Gasteiger partial charge in [-0.3, -0.25) is 0 Å². The molecule has 3 rings (SSSR count). The summed E-state index contributed by atoms with van der Waals surface area (Å²) in [6.45, 7) is -3.67. The third-order valence-corrected chi connectivity index (χ3v) is 5.77. The molecule has 0 radical (unpaired) electrons. The molecule has 0 nitrogen and oxygen atoms in total. The molecule has 0 heterocycles. The maximum absolute atomic E-state index is 9.67. The molecule has 0 unspecified atom stereocenters. The zero-order valence-corrected chi connectivity index (χ0v) is 15.0. The fraction of sp³-hybridized carbons (Fsp3) is 0.0526. The van der Waals surface area contributed by atoms with Crippen molar-refractivity contribution in [3.05, 3.63) is 89.4 Å². The second-order valence-corrected chi connectivity index (χ2v) is 7.58. The summed E-state index contributed by atoms with van der Waals surface area (Å²) >= 11 is 3.51. The lowest BCUT2D eigenvalue weighted by molar-refractivity contribution is 0.00819. The van der Waals surface area contributed by atoms with Gasteiger partial charge in [0, 0.05) is 4.47 Å². The minimum atomic E-state index is -3.67. The van der Waals surface area contributed by atoms with Gasteiger partial charge in [-0.2, -0.15) is 13.2 Å². The maximum Gasteiger partial charge on any atom is 0.379 e. The van der Waals surface area contributed by atoms with Crippen LogP contribution in [0, 0.1) is 0 Å². The average molecular weight is 412 g/mol. The van der Waals surface area contributed by atoms with Crippen LogP contribution in [-0.2, 0) is 10.9 Å². The van der Waals surface area contributed by atoms with Gasteiger partial charge in [0.05, 0.1) is 10.9 Å². The molecule has 0 aliphatic carbocycles. The van der Waals surface area contributed by atoms with E-state index in [1.165, 1.54) is 14.7 Å². The van der Waals surface area contributed by atoms with Gasteiger partial charge in [-0.15, -0.1) is 0 Å². The predicted molar refractivity (Wildman–Crippen MR) is 96.3 cm³/mol. The van der Waals surface area contributed by atoms with E-state index in [4.69, 9.17) is 0 Å². The molecular formula is C19H15BrF3S+. The molecule has 0 amide bonds. The standard InChI is InChI=1S/C18H14BrS.CHF3/c19-15-11-13-18(14-12-15)20(16-7-3-1-4-8-16)17-9-5-2-6-10-17;2-1(3)4/h1-14H;1H/q+1;. The minimum absolute atomic E-state index is 0.0437. The van der Waals surface area contributed by atoms with E-state index in [2.05, 4.69) is 101 Å². The molecule has 0 saturated carbocycles. The van der Waals surface area contributed by atoms with Gasteiger partial charge in [0.1, 0.15) is 0 Å². The Kier molecular flexibility index (Phi) is 7.40.